The van der Waals surface area contributed by atoms with Gasteiger partial charge >= 0.3 is 0 Å². The third-order valence-corrected chi connectivity index (χ3v) is 4.78. The van der Waals surface area contributed by atoms with E-state index in [0.717, 1.165) is 21.2 Å². The molecule has 0 saturated carbocycles. The normalized spacial score (nSPS) is 11.0. The number of furan rings is 1. The summed E-state index contributed by atoms with van der Waals surface area (Å²) in [4.78, 5) is 5.42. The van der Waals surface area contributed by atoms with Gasteiger partial charge in [-0.2, -0.15) is 0 Å². The molecule has 3 nitrogen and oxygen atoms in total. The van der Waals surface area contributed by atoms with Gasteiger partial charge in [0.25, 0.3) is 0 Å². The monoisotopic (exact) mass is 338 g/mol. The molecule has 2 heterocycles. The van der Waals surface area contributed by atoms with E-state index in [-0.39, 0.29) is 0 Å². The quantitative estimate of drug-likeness (QED) is 0.711. The zero-order chi connectivity index (χ0) is 14.7. The first kappa shape index (κ1) is 14.6. The van der Waals surface area contributed by atoms with E-state index in [2.05, 4.69) is 10.3 Å². The fourth-order valence-electron chi connectivity index (χ4n) is 1.92. The van der Waals surface area contributed by atoms with Gasteiger partial charge in [-0.25, -0.2) is 4.98 Å². The fourth-order valence-corrected chi connectivity index (χ4v) is 3.29. The van der Waals surface area contributed by atoms with Crippen LogP contribution in [0.25, 0.3) is 10.4 Å². The Kier molecular flexibility index (Phi) is 4.60. The number of hydrogen-bond acceptors (Lipinski definition) is 4. The Morgan fingerprint density at radius 3 is 2.86 bits per heavy atom. The molecule has 0 aliphatic heterocycles. The van der Waals surface area contributed by atoms with Gasteiger partial charge < -0.3 is 9.73 Å². The number of hydrogen-bond donors (Lipinski definition) is 1. The molecule has 3 aromatic rings. The van der Waals surface area contributed by atoms with E-state index in [1.165, 1.54) is 0 Å². The van der Waals surface area contributed by atoms with Crippen LogP contribution in [-0.4, -0.2) is 4.98 Å². The van der Waals surface area contributed by atoms with Crippen molar-refractivity contribution in [3.63, 3.8) is 0 Å². The highest BCUT2D eigenvalue weighted by molar-refractivity contribution is 7.15. The Balaban J connectivity index is 1.67. The number of rotatable bonds is 5. The lowest BCUT2D eigenvalue weighted by Gasteiger charge is -2.02. The van der Waals surface area contributed by atoms with Crippen molar-refractivity contribution < 1.29 is 4.42 Å². The average Bonchev–Trinajstić information content (AvgIpc) is 3.14. The molecule has 6 heteroatoms. The molecule has 0 unspecified atom stereocenters. The first-order chi connectivity index (χ1) is 10.2. The molecule has 0 spiro atoms. The second-order valence-electron chi connectivity index (χ2n) is 4.40. The van der Waals surface area contributed by atoms with E-state index < -0.39 is 0 Å². The largest absolute Gasteiger partial charge is 0.468 e. The van der Waals surface area contributed by atoms with Gasteiger partial charge in [0.2, 0.25) is 0 Å². The summed E-state index contributed by atoms with van der Waals surface area (Å²) in [6.45, 7) is 1.36. The van der Waals surface area contributed by atoms with Crippen LogP contribution in [0.2, 0.25) is 10.0 Å². The molecule has 0 atom stereocenters. The lowest BCUT2D eigenvalue weighted by Crippen LogP contribution is -2.11. The van der Waals surface area contributed by atoms with Gasteiger partial charge in [-0.05, 0) is 18.2 Å². The van der Waals surface area contributed by atoms with E-state index in [9.17, 15) is 0 Å². The molecule has 0 saturated heterocycles. The minimum absolute atomic E-state index is 0.556. The Labute approximate surface area is 136 Å². The molecule has 0 radical (unpaired) electrons. The average molecular weight is 339 g/mol. The Morgan fingerprint density at radius 1 is 1.14 bits per heavy atom. The third-order valence-electron chi connectivity index (χ3n) is 2.93. The number of aromatic nitrogens is 1. The highest BCUT2D eigenvalue weighted by atomic mass is 35.5. The number of halogens is 2. The van der Waals surface area contributed by atoms with Gasteiger partial charge in [-0.15, -0.1) is 11.3 Å². The zero-order valence-corrected chi connectivity index (χ0v) is 13.3. The molecule has 0 aliphatic rings. The van der Waals surface area contributed by atoms with E-state index in [1.54, 1.807) is 23.7 Å². The predicted octanol–water partition coefficient (Wildman–Crippen LogP) is 5.00. The molecule has 21 heavy (non-hydrogen) atoms. The molecule has 1 aromatic carbocycles. The van der Waals surface area contributed by atoms with Crippen molar-refractivity contribution in [2.24, 2.45) is 0 Å². The summed E-state index contributed by atoms with van der Waals surface area (Å²) in [5.41, 5.74) is 0.916. The van der Waals surface area contributed by atoms with Crippen LogP contribution in [0, 0.1) is 0 Å². The van der Waals surface area contributed by atoms with Crippen LogP contribution in [0.3, 0.4) is 0 Å². The van der Waals surface area contributed by atoms with E-state index >= 15 is 0 Å². The first-order valence-corrected chi connectivity index (χ1v) is 7.93. The lowest BCUT2D eigenvalue weighted by atomic mass is 10.2. The molecule has 3 rings (SSSR count). The maximum Gasteiger partial charge on any atom is 0.117 e. The van der Waals surface area contributed by atoms with E-state index in [1.807, 2.05) is 30.5 Å². The Hall–Kier alpha value is -1.33. The van der Waals surface area contributed by atoms with Gasteiger partial charge in [0, 0.05) is 18.3 Å². The van der Waals surface area contributed by atoms with Gasteiger partial charge in [0.1, 0.15) is 10.8 Å². The van der Waals surface area contributed by atoms with Gasteiger partial charge in [-0.1, -0.05) is 35.3 Å². The third kappa shape index (κ3) is 3.47. The second kappa shape index (κ2) is 6.62. The van der Waals surface area contributed by atoms with Crippen molar-refractivity contribution in [3.8, 4) is 10.4 Å². The van der Waals surface area contributed by atoms with Crippen molar-refractivity contribution in [2.45, 2.75) is 13.1 Å². The Morgan fingerprint density at radius 2 is 2.05 bits per heavy atom. The molecule has 108 valence electrons. The second-order valence-corrected chi connectivity index (χ2v) is 6.30. The molecule has 1 N–H and O–H groups in total. The number of benzene rings is 1. The zero-order valence-electron chi connectivity index (χ0n) is 11.0. The molecular formula is C15H12Cl2N2OS. The highest BCUT2D eigenvalue weighted by Gasteiger charge is 2.10. The number of thiazole rings is 1. The molecule has 0 bridgehead atoms. The van der Waals surface area contributed by atoms with Crippen LogP contribution in [0.5, 0.6) is 0 Å². The maximum absolute atomic E-state index is 6.23. The predicted molar refractivity (Wildman–Crippen MR) is 86.8 cm³/mol. The summed E-state index contributed by atoms with van der Waals surface area (Å²) in [5.74, 6) is 0.907. The van der Waals surface area contributed by atoms with Crippen LogP contribution < -0.4 is 5.32 Å². The van der Waals surface area contributed by atoms with Crippen LogP contribution in [0.4, 0.5) is 0 Å². The highest BCUT2D eigenvalue weighted by Crippen LogP contribution is 2.36. The van der Waals surface area contributed by atoms with Gasteiger partial charge in [0.15, 0.2) is 0 Å². The number of nitrogens with zero attached hydrogens (tertiary/aromatic N) is 1. The topological polar surface area (TPSA) is 38.1 Å². The van der Waals surface area contributed by atoms with Crippen molar-refractivity contribution in [1.82, 2.24) is 10.3 Å². The standard InChI is InChI=1S/C15H12Cl2N2OS/c16-12-5-1-4-11(15(12)17)13-8-19-14(21-13)9-18-7-10-3-2-6-20-10/h1-6,8,18H,7,9H2. The van der Waals surface area contributed by atoms with Gasteiger partial charge in [0.05, 0.1) is 27.7 Å². The summed E-state index contributed by atoms with van der Waals surface area (Å²) >= 11 is 13.9. The smallest absolute Gasteiger partial charge is 0.117 e. The summed E-state index contributed by atoms with van der Waals surface area (Å²) in [7, 11) is 0. The van der Waals surface area contributed by atoms with Crippen LogP contribution in [0.1, 0.15) is 10.8 Å². The van der Waals surface area contributed by atoms with Crippen molar-refractivity contribution in [2.75, 3.05) is 0 Å². The Bertz CT molecular complexity index is 725. The van der Waals surface area contributed by atoms with Crippen molar-refractivity contribution in [3.05, 3.63) is 63.6 Å². The molecule has 0 amide bonds. The summed E-state index contributed by atoms with van der Waals surface area (Å²) in [6.07, 6.45) is 3.49. The minimum Gasteiger partial charge on any atom is -0.468 e. The van der Waals surface area contributed by atoms with E-state index in [4.69, 9.17) is 27.6 Å². The van der Waals surface area contributed by atoms with Crippen LogP contribution >= 0.6 is 34.5 Å². The number of nitrogens with one attached hydrogen (secondary N) is 1. The van der Waals surface area contributed by atoms with Gasteiger partial charge in [-0.3, -0.25) is 0 Å². The van der Waals surface area contributed by atoms with Crippen LogP contribution in [0.15, 0.2) is 47.2 Å². The van der Waals surface area contributed by atoms with Crippen molar-refractivity contribution >= 4 is 34.5 Å². The molecule has 2 aromatic heterocycles. The molecular weight excluding hydrogens is 327 g/mol. The fraction of sp³-hybridized carbons (Fsp3) is 0.133. The molecule has 0 fully saturated rings. The van der Waals surface area contributed by atoms with Crippen molar-refractivity contribution in [1.29, 1.82) is 0 Å². The minimum atomic E-state index is 0.556. The summed E-state index contributed by atoms with van der Waals surface area (Å²) in [5, 5.41) is 5.41. The van der Waals surface area contributed by atoms with Crippen LogP contribution in [-0.2, 0) is 13.1 Å². The maximum atomic E-state index is 6.23. The lowest BCUT2D eigenvalue weighted by molar-refractivity contribution is 0.483. The first-order valence-electron chi connectivity index (χ1n) is 6.36. The summed E-state index contributed by atoms with van der Waals surface area (Å²) in [6, 6.07) is 9.42. The SMILES string of the molecule is Clc1cccc(-c2cnc(CNCc3ccco3)s2)c1Cl. The van der Waals surface area contributed by atoms with E-state index in [0.29, 0.717) is 23.1 Å². The summed E-state index contributed by atoms with van der Waals surface area (Å²) < 4.78 is 5.26. The molecule has 0 aliphatic carbocycles.